The van der Waals surface area contributed by atoms with E-state index in [0.717, 1.165) is 24.9 Å². The van der Waals surface area contributed by atoms with Crippen LogP contribution in [0.15, 0.2) is 42.7 Å². The van der Waals surface area contributed by atoms with Crippen LogP contribution in [0.5, 0.6) is 0 Å². The minimum absolute atomic E-state index is 0.586. The first kappa shape index (κ1) is 15.6. The van der Waals surface area contributed by atoms with Crippen LogP contribution >= 0.6 is 0 Å². The minimum atomic E-state index is 0.586. The van der Waals surface area contributed by atoms with Crippen LogP contribution in [0.2, 0.25) is 0 Å². The second-order valence-electron chi connectivity index (χ2n) is 6.56. The zero-order chi connectivity index (χ0) is 15.2. The molecule has 0 saturated carbocycles. The van der Waals surface area contributed by atoms with Crippen molar-refractivity contribution in [2.24, 2.45) is 11.8 Å². The van der Waals surface area contributed by atoms with Crippen molar-refractivity contribution >= 4 is 5.69 Å². The fraction of sp³-hybridized carbons (Fsp3) is 0.421. The summed E-state index contributed by atoms with van der Waals surface area (Å²) in [5.74, 6) is 1.26. The van der Waals surface area contributed by atoms with Crippen molar-refractivity contribution in [3.8, 4) is 0 Å². The van der Waals surface area contributed by atoms with E-state index >= 15 is 0 Å². The summed E-state index contributed by atoms with van der Waals surface area (Å²) in [6.07, 6.45) is 7.21. The molecule has 112 valence electrons. The van der Waals surface area contributed by atoms with Crippen LogP contribution in [-0.2, 0) is 19.3 Å². The summed E-state index contributed by atoms with van der Waals surface area (Å²) in [6.45, 7) is 6.78. The molecular weight excluding hydrogens is 256 g/mol. The van der Waals surface area contributed by atoms with Gasteiger partial charge in [0.25, 0.3) is 0 Å². The molecule has 0 aliphatic carbocycles. The lowest BCUT2D eigenvalue weighted by atomic mass is 9.93. The summed E-state index contributed by atoms with van der Waals surface area (Å²) in [5.41, 5.74) is 10.7. The van der Waals surface area contributed by atoms with Gasteiger partial charge >= 0.3 is 0 Å². The smallest absolute Gasteiger partial charge is 0.0316 e. The number of nitrogen functional groups attached to an aromatic ring is 1. The Morgan fingerprint density at radius 1 is 0.905 bits per heavy atom. The van der Waals surface area contributed by atoms with Crippen molar-refractivity contribution in [1.29, 1.82) is 0 Å². The number of rotatable bonds is 6. The number of anilines is 1. The quantitative estimate of drug-likeness (QED) is 0.803. The van der Waals surface area contributed by atoms with Gasteiger partial charge in [-0.15, -0.1) is 0 Å². The molecule has 2 nitrogen and oxygen atoms in total. The summed E-state index contributed by atoms with van der Waals surface area (Å²) in [6, 6.07) is 10.5. The highest BCUT2D eigenvalue weighted by atomic mass is 14.6. The maximum absolute atomic E-state index is 5.84. The SMILES string of the molecule is CC(C)Cc1cncc(CC(C)Cc2cccc(N)c2)c1. The first-order valence-electron chi connectivity index (χ1n) is 7.80. The van der Waals surface area contributed by atoms with E-state index in [4.69, 9.17) is 5.73 Å². The fourth-order valence-electron chi connectivity index (χ4n) is 2.83. The molecule has 0 spiro atoms. The molecule has 0 amide bonds. The number of hydrogen-bond donors (Lipinski definition) is 1. The van der Waals surface area contributed by atoms with Gasteiger partial charge in [-0.2, -0.15) is 0 Å². The van der Waals surface area contributed by atoms with Crippen molar-refractivity contribution in [3.63, 3.8) is 0 Å². The molecule has 0 fully saturated rings. The van der Waals surface area contributed by atoms with Gasteiger partial charge in [-0.25, -0.2) is 0 Å². The molecule has 2 rings (SSSR count). The second-order valence-corrected chi connectivity index (χ2v) is 6.56. The largest absolute Gasteiger partial charge is 0.399 e. The lowest BCUT2D eigenvalue weighted by Crippen LogP contribution is -2.05. The zero-order valence-electron chi connectivity index (χ0n) is 13.3. The lowest BCUT2D eigenvalue weighted by molar-refractivity contribution is 0.575. The lowest BCUT2D eigenvalue weighted by Gasteiger charge is -2.13. The number of nitrogens with two attached hydrogens (primary N) is 1. The van der Waals surface area contributed by atoms with E-state index in [1.165, 1.54) is 16.7 Å². The van der Waals surface area contributed by atoms with E-state index in [9.17, 15) is 0 Å². The Morgan fingerprint density at radius 3 is 2.24 bits per heavy atom. The number of benzene rings is 1. The molecule has 2 N–H and O–H groups in total. The van der Waals surface area contributed by atoms with Gasteiger partial charge in [0.05, 0.1) is 0 Å². The summed E-state index contributed by atoms with van der Waals surface area (Å²) < 4.78 is 0. The van der Waals surface area contributed by atoms with Gasteiger partial charge < -0.3 is 5.73 Å². The highest BCUT2D eigenvalue weighted by Crippen LogP contribution is 2.17. The van der Waals surface area contributed by atoms with Gasteiger partial charge in [-0.1, -0.05) is 39.0 Å². The first-order chi connectivity index (χ1) is 10.0. The second kappa shape index (κ2) is 7.26. The van der Waals surface area contributed by atoms with Crippen LogP contribution in [0.4, 0.5) is 5.69 Å². The van der Waals surface area contributed by atoms with Crippen LogP contribution in [0.25, 0.3) is 0 Å². The summed E-state index contributed by atoms with van der Waals surface area (Å²) in [4.78, 5) is 4.39. The molecule has 0 aliphatic heterocycles. The molecule has 0 radical (unpaired) electrons. The van der Waals surface area contributed by atoms with Crippen LogP contribution in [0.1, 0.15) is 37.5 Å². The Labute approximate surface area is 128 Å². The maximum atomic E-state index is 5.84. The van der Waals surface area contributed by atoms with Crippen molar-refractivity contribution in [3.05, 3.63) is 59.4 Å². The van der Waals surface area contributed by atoms with Crippen LogP contribution < -0.4 is 5.73 Å². The number of hydrogen-bond acceptors (Lipinski definition) is 2. The van der Waals surface area contributed by atoms with Crippen LogP contribution in [0, 0.1) is 11.8 Å². The molecule has 2 heteroatoms. The van der Waals surface area contributed by atoms with E-state index < -0.39 is 0 Å². The Balaban J connectivity index is 1.97. The molecule has 1 heterocycles. The fourth-order valence-corrected chi connectivity index (χ4v) is 2.83. The Kier molecular flexibility index (Phi) is 5.38. The molecule has 0 saturated heterocycles. The van der Waals surface area contributed by atoms with E-state index in [2.05, 4.69) is 44.0 Å². The van der Waals surface area contributed by atoms with Crippen LogP contribution in [0.3, 0.4) is 0 Å². The van der Waals surface area contributed by atoms with E-state index in [1.807, 2.05) is 24.5 Å². The van der Waals surface area contributed by atoms with Crippen molar-refractivity contribution in [2.45, 2.75) is 40.0 Å². The average Bonchev–Trinajstić information content (AvgIpc) is 2.37. The molecule has 1 unspecified atom stereocenters. The van der Waals surface area contributed by atoms with Gasteiger partial charge in [0.15, 0.2) is 0 Å². The van der Waals surface area contributed by atoms with Gasteiger partial charge in [0.1, 0.15) is 0 Å². The molecule has 1 atom stereocenters. The molecular formula is C19H26N2. The van der Waals surface area contributed by atoms with E-state index in [-0.39, 0.29) is 0 Å². The first-order valence-corrected chi connectivity index (χ1v) is 7.80. The average molecular weight is 282 g/mol. The van der Waals surface area contributed by atoms with Gasteiger partial charge in [0, 0.05) is 18.1 Å². The third-order valence-electron chi connectivity index (χ3n) is 3.61. The minimum Gasteiger partial charge on any atom is -0.399 e. The third-order valence-corrected chi connectivity index (χ3v) is 3.61. The predicted molar refractivity (Wildman–Crippen MR) is 90.2 cm³/mol. The highest BCUT2D eigenvalue weighted by Gasteiger charge is 2.07. The van der Waals surface area contributed by atoms with Crippen molar-refractivity contribution in [2.75, 3.05) is 5.73 Å². The van der Waals surface area contributed by atoms with Gasteiger partial charge in [-0.05, 0) is 59.9 Å². The zero-order valence-corrected chi connectivity index (χ0v) is 13.3. The van der Waals surface area contributed by atoms with Gasteiger partial charge in [-0.3, -0.25) is 4.98 Å². The Hall–Kier alpha value is -1.83. The Bertz CT molecular complexity index is 575. The molecule has 21 heavy (non-hydrogen) atoms. The standard InChI is InChI=1S/C19H26N2/c1-14(2)7-17-10-18(13-21-12-17)9-15(3)8-16-5-4-6-19(20)11-16/h4-6,10-15H,7-9,20H2,1-3H3. The van der Waals surface area contributed by atoms with Crippen molar-refractivity contribution < 1.29 is 0 Å². The molecule has 1 aromatic heterocycles. The molecule has 0 aliphatic rings. The van der Waals surface area contributed by atoms with Crippen LogP contribution in [-0.4, -0.2) is 4.98 Å². The van der Waals surface area contributed by atoms with Gasteiger partial charge in [0.2, 0.25) is 0 Å². The molecule has 1 aromatic carbocycles. The number of nitrogens with zero attached hydrogens (tertiary/aromatic N) is 1. The topological polar surface area (TPSA) is 38.9 Å². The maximum Gasteiger partial charge on any atom is 0.0316 e. The van der Waals surface area contributed by atoms with E-state index in [1.54, 1.807) is 0 Å². The Morgan fingerprint density at radius 2 is 1.57 bits per heavy atom. The van der Waals surface area contributed by atoms with Crippen molar-refractivity contribution in [1.82, 2.24) is 4.98 Å². The predicted octanol–water partition coefficient (Wildman–Crippen LogP) is 4.28. The number of pyridine rings is 1. The summed E-state index contributed by atoms with van der Waals surface area (Å²) in [7, 11) is 0. The molecule has 0 bridgehead atoms. The molecule has 2 aromatic rings. The third kappa shape index (κ3) is 5.22. The number of aromatic nitrogens is 1. The normalized spacial score (nSPS) is 12.6. The summed E-state index contributed by atoms with van der Waals surface area (Å²) >= 11 is 0. The highest BCUT2D eigenvalue weighted by molar-refractivity contribution is 5.40. The van der Waals surface area contributed by atoms with E-state index in [0.29, 0.717) is 11.8 Å². The summed E-state index contributed by atoms with van der Waals surface area (Å²) in [5, 5.41) is 0. The monoisotopic (exact) mass is 282 g/mol.